The van der Waals surface area contributed by atoms with Crippen molar-refractivity contribution < 1.29 is 4.79 Å². The van der Waals surface area contributed by atoms with E-state index in [1.54, 1.807) is 19.1 Å². The van der Waals surface area contributed by atoms with E-state index in [1.807, 2.05) is 19.1 Å². The van der Waals surface area contributed by atoms with Crippen LogP contribution in [0.1, 0.15) is 35.8 Å². The Morgan fingerprint density at radius 3 is 2.17 bits per heavy atom. The second-order valence-corrected chi connectivity index (χ2v) is 2.97. The molecule has 0 aliphatic rings. The molecular formula is C10H13NO. The smallest absolute Gasteiger partial charge is 0.159 e. The molecule has 0 radical (unpaired) electrons. The number of ketones is 1. The van der Waals surface area contributed by atoms with Crippen LogP contribution >= 0.6 is 0 Å². The second-order valence-electron chi connectivity index (χ2n) is 2.97. The van der Waals surface area contributed by atoms with Gasteiger partial charge in [0.1, 0.15) is 0 Å². The number of hydrogen-bond acceptors (Lipinski definition) is 2. The van der Waals surface area contributed by atoms with Gasteiger partial charge in [-0.15, -0.1) is 0 Å². The average molecular weight is 163 g/mol. The summed E-state index contributed by atoms with van der Waals surface area (Å²) in [6.45, 7) is 3.48. The van der Waals surface area contributed by atoms with Crippen LogP contribution in [0, 0.1) is 0 Å². The molecule has 1 atom stereocenters. The zero-order valence-electron chi connectivity index (χ0n) is 7.37. The first-order valence-corrected chi connectivity index (χ1v) is 3.97. The normalized spacial score (nSPS) is 12.6. The SMILES string of the molecule is CC(=O)c1ccc([C@H](C)N)cc1. The van der Waals surface area contributed by atoms with Gasteiger partial charge in [-0.2, -0.15) is 0 Å². The highest BCUT2D eigenvalue weighted by Crippen LogP contribution is 2.10. The van der Waals surface area contributed by atoms with Crippen molar-refractivity contribution in [3.05, 3.63) is 35.4 Å². The summed E-state index contributed by atoms with van der Waals surface area (Å²) in [5, 5.41) is 0. The highest BCUT2D eigenvalue weighted by molar-refractivity contribution is 5.94. The van der Waals surface area contributed by atoms with E-state index in [2.05, 4.69) is 0 Å². The topological polar surface area (TPSA) is 43.1 Å². The molecule has 2 N–H and O–H groups in total. The van der Waals surface area contributed by atoms with Crippen molar-refractivity contribution >= 4 is 5.78 Å². The van der Waals surface area contributed by atoms with Crippen LogP contribution in [0.3, 0.4) is 0 Å². The Balaban J connectivity index is 2.93. The average Bonchev–Trinajstić information content (AvgIpc) is 2.04. The predicted octanol–water partition coefficient (Wildman–Crippen LogP) is 1.91. The molecule has 0 spiro atoms. The number of Topliss-reactive ketones (excluding diaryl/α,β-unsaturated/α-hetero) is 1. The maximum Gasteiger partial charge on any atom is 0.159 e. The Morgan fingerprint density at radius 2 is 1.83 bits per heavy atom. The Kier molecular flexibility index (Phi) is 2.61. The van der Waals surface area contributed by atoms with Gasteiger partial charge in [0, 0.05) is 11.6 Å². The molecule has 1 aromatic carbocycles. The molecule has 0 heterocycles. The first-order valence-electron chi connectivity index (χ1n) is 3.97. The summed E-state index contributed by atoms with van der Waals surface area (Å²) in [6, 6.07) is 7.43. The first kappa shape index (κ1) is 8.94. The molecule has 0 amide bonds. The summed E-state index contributed by atoms with van der Waals surface area (Å²) in [6.07, 6.45) is 0. The van der Waals surface area contributed by atoms with E-state index < -0.39 is 0 Å². The van der Waals surface area contributed by atoms with E-state index in [0.717, 1.165) is 11.1 Å². The fourth-order valence-electron chi connectivity index (χ4n) is 1.02. The fourth-order valence-corrected chi connectivity index (χ4v) is 1.02. The molecule has 0 saturated carbocycles. The van der Waals surface area contributed by atoms with Gasteiger partial charge in [0.25, 0.3) is 0 Å². The number of hydrogen-bond donors (Lipinski definition) is 1. The zero-order chi connectivity index (χ0) is 9.14. The molecule has 0 bridgehead atoms. The maximum absolute atomic E-state index is 10.9. The van der Waals surface area contributed by atoms with E-state index in [-0.39, 0.29) is 11.8 Å². The van der Waals surface area contributed by atoms with Crippen LogP contribution in [0.2, 0.25) is 0 Å². The molecule has 0 aromatic heterocycles. The van der Waals surface area contributed by atoms with E-state index in [0.29, 0.717) is 0 Å². The molecule has 0 aliphatic heterocycles. The van der Waals surface area contributed by atoms with E-state index in [4.69, 9.17) is 5.73 Å². The van der Waals surface area contributed by atoms with E-state index in [9.17, 15) is 4.79 Å². The summed E-state index contributed by atoms with van der Waals surface area (Å²) in [5.41, 5.74) is 7.45. The standard InChI is InChI=1S/C10H13NO/c1-7(11)9-3-5-10(6-4-9)8(2)12/h3-7H,11H2,1-2H3/t7-/m0/s1. The number of carbonyl (C=O) groups excluding carboxylic acids is 1. The molecular weight excluding hydrogens is 150 g/mol. The van der Waals surface area contributed by atoms with Gasteiger partial charge in [-0.1, -0.05) is 24.3 Å². The highest BCUT2D eigenvalue weighted by atomic mass is 16.1. The van der Waals surface area contributed by atoms with Crippen LogP contribution in [-0.4, -0.2) is 5.78 Å². The summed E-state index contributed by atoms with van der Waals surface area (Å²) in [7, 11) is 0. The van der Waals surface area contributed by atoms with Crippen molar-refractivity contribution in [2.45, 2.75) is 19.9 Å². The molecule has 0 saturated heterocycles. The minimum absolute atomic E-state index is 0.0333. The van der Waals surface area contributed by atoms with Gasteiger partial charge in [0.2, 0.25) is 0 Å². The molecule has 2 heteroatoms. The summed E-state index contributed by atoms with van der Waals surface area (Å²) < 4.78 is 0. The maximum atomic E-state index is 10.9. The lowest BCUT2D eigenvalue weighted by molar-refractivity contribution is 0.101. The van der Waals surface area contributed by atoms with E-state index >= 15 is 0 Å². The molecule has 1 rings (SSSR count). The minimum Gasteiger partial charge on any atom is -0.324 e. The number of rotatable bonds is 2. The van der Waals surface area contributed by atoms with Crippen molar-refractivity contribution in [2.75, 3.05) is 0 Å². The van der Waals surface area contributed by atoms with Crippen LogP contribution in [0.5, 0.6) is 0 Å². The third-order valence-corrected chi connectivity index (χ3v) is 1.84. The fraction of sp³-hybridized carbons (Fsp3) is 0.300. The second kappa shape index (κ2) is 3.50. The quantitative estimate of drug-likeness (QED) is 0.677. The molecule has 64 valence electrons. The van der Waals surface area contributed by atoms with Crippen LogP contribution in [0.15, 0.2) is 24.3 Å². The lowest BCUT2D eigenvalue weighted by Gasteiger charge is -2.04. The Bertz CT molecular complexity index is 274. The minimum atomic E-state index is 0.0333. The van der Waals surface area contributed by atoms with Crippen molar-refractivity contribution in [1.82, 2.24) is 0 Å². The Morgan fingerprint density at radius 1 is 1.33 bits per heavy atom. The van der Waals surface area contributed by atoms with Crippen LogP contribution in [0.25, 0.3) is 0 Å². The van der Waals surface area contributed by atoms with E-state index in [1.165, 1.54) is 0 Å². The summed E-state index contributed by atoms with van der Waals surface area (Å²) in [5.74, 6) is 0.0891. The van der Waals surface area contributed by atoms with Gasteiger partial charge >= 0.3 is 0 Å². The molecule has 1 aromatic rings. The number of nitrogens with two attached hydrogens (primary N) is 1. The predicted molar refractivity (Wildman–Crippen MR) is 49.0 cm³/mol. The third kappa shape index (κ3) is 1.92. The molecule has 2 nitrogen and oxygen atoms in total. The third-order valence-electron chi connectivity index (χ3n) is 1.84. The summed E-state index contributed by atoms with van der Waals surface area (Å²) in [4.78, 5) is 10.9. The first-order chi connectivity index (χ1) is 5.61. The molecule has 0 unspecified atom stereocenters. The molecule has 0 aliphatic carbocycles. The number of carbonyl (C=O) groups is 1. The van der Waals surface area contributed by atoms with Gasteiger partial charge in [0.05, 0.1) is 0 Å². The number of benzene rings is 1. The van der Waals surface area contributed by atoms with Gasteiger partial charge < -0.3 is 5.73 Å². The highest BCUT2D eigenvalue weighted by Gasteiger charge is 2.00. The van der Waals surface area contributed by atoms with Gasteiger partial charge in [-0.3, -0.25) is 4.79 Å². The van der Waals surface area contributed by atoms with Crippen LogP contribution < -0.4 is 5.73 Å². The monoisotopic (exact) mass is 163 g/mol. The summed E-state index contributed by atoms with van der Waals surface area (Å²) >= 11 is 0. The van der Waals surface area contributed by atoms with Gasteiger partial charge in [-0.25, -0.2) is 0 Å². The van der Waals surface area contributed by atoms with Gasteiger partial charge in [-0.05, 0) is 19.4 Å². The van der Waals surface area contributed by atoms with Crippen molar-refractivity contribution in [2.24, 2.45) is 5.73 Å². The lowest BCUT2D eigenvalue weighted by Crippen LogP contribution is -2.05. The zero-order valence-corrected chi connectivity index (χ0v) is 7.37. The van der Waals surface area contributed by atoms with Gasteiger partial charge in [0.15, 0.2) is 5.78 Å². The van der Waals surface area contributed by atoms with Crippen LogP contribution in [-0.2, 0) is 0 Å². The molecule has 12 heavy (non-hydrogen) atoms. The Labute approximate surface area is 72.4 Å². The van der Waals surface area contributed by atoms with Crippen LogP contribution in [0.4, 0.5) is 0 Å². The van der Waals surface area contributed by atoms with Crippen molar-refractivity contribution in [3.63, 3.8) is 0 Å². The lowest BCUT2D eigenvalue weighted by atomic mass is 10.1. The molecule has 0 fully saturated rings. The van der Waals surface area contributed by atoms with Crippen molar-refractivity contribution in [1.29, 1.82) is 0 Å². The Hall–Kier alpha value is -1.15. The largest absolute Gasteiger partial charge is 0.324 e. The van der Waals surface area contributed by atoms with Crippen molar-refractivity contribution in [3.8, 4) is 0 Å².